The van der Waals surface area contributed by atoms with E-state index in [9.17, 15) is 8.78 Å². The van der Waals surface area contributed by atoms with Gasteiger partial charge in [0.1, 0.15) is 5.69 Å². The molecule has 3 nitrogen and oxygen atoms in total. The number of rotatable bonds is 2. The van der Waals surface area contributed by atoms with Gasteiger partial charge in [-0.2, -0.15) is 0 Å². The zero-order valence-electron chi connectivity index (χ0n) is 10.8. The van der Waals surface area contributed by atoms with Gasteiger partial charge in [-0.3, -0.25) is 4.90 Å². The summed E-state index contributed by atoms with van der Waals surface area (Å²) in [4.78, 5) is 4.05. The molecule has 1 aromatic carbocycles. The van der Waals surface area contributed by atoms with E-state index in [4.69, 9.17) is 5.73 Å². The number of hydrogen-bond acceptors (Lipinski definition) is 3. The first-order chi connectivity index (χ1) is 8.49. The number of anilines is 2. The molecule has 1 aromatic rings. The van der Waals surface area contributed by atoms with Crippen LogP contribution in [-0.2, 0) is 0 Å². The molecule has 0 bridgehead atoms. The van der Waals surface area contributed by atoms with Crippen LogP contribution in [0.1, 0.15) is 13.8 Å². The molecule has 0 atom stereocenters. The van der Waals surface area contributed by atoms with Crippen LogP contribution in [-0.4, -0.2) is 37.1 Å². The van der Waals surface area contributed by atoms with Crippen molar-refractivity contribution in [1.82, 2.24) is 4.90 Å². The maximum absolute atomic E-state index is 13.8. The summed E-state index contributed by atoms with van der Waals surface area (Å²) < 4.78 is 27.6. The Labute approximate surface area is 106 Å². The molecule has 0 saturated carbocycles. The van der Waals surface area contributed by atoms with Crippen molar-refractivity contribution in [1.29, 1.82) is 0 Å². The van der Waals surface area contributed by atoms with Crippen LogP contribution in [0.3, 0.4) is 0 Å². The standard InChI is InChI=1S/C13H19F2N3/c1-9(2)17-3-5-18(6-4-17)13-11(14)7-10(16)8-12(13)15/h7-9H,3-6,16H2,1-2H3. The molecule has 1 heterocycles. The van der Waals surface area contributed by atoms with Crippen LogP contribution in [0.15, 0.2) is 12.1 Å². The van der Waals surface area contributed by atoms with E-state index in [2.05, 4.69) is 18.7 Å². The minimum absolute atomic E-state index is 0.0487. The van der Waals surface area contributed by atoms with Crippen molar-refractivity contribution in [2.45, 2.75) is 19.9 Å². The van der Waals surface area contributed by atoms with E-state index >= 15 is 0 Å². The molecule has 2 rings (SSSR count). The molecule has 2 N–H and O–H groups in total. The summed E-state index contributed by atoms with van der Waals surface area (Å²) in [6, 6.07) is 2.81. The van der Waals surface area contributed by atoms with E-state index in [0.717, 1.165) is 13.1 Å². The highest BCUT2D eigenvalue weighted by Gasteiger charge is 2.23. The van der Waals surface area contributed by atoms with Gasteiger partial charge in [0.15, 0.2) is 11.6 Å². The van der Waals surface area contributed by atoms with Crippen molar-refractivity contribution in [3.8, 4) is 0 Å². The first-order valence-electron chi connectivity index (χ1n) is 6.22. The highest BCUT2D eigenvalue weighted by Crippen LogP contribution is 2.27. The number of benzene rings is 1. The monoisotopic (exact) mass is 255 g/mol. The quantitative estimate of drug-likeness (QED) is 0.821. The van der Waals surface area contributed by atoms with Gasteiger partial charge in [0.25, 0.3) is 0 Å². The third-order valence-corrected chi connectivity index (χ3v) is 3.40. The number of halogens is 2. The Balaban J connectivity index is 2.15. The minimum atomic E-state index is -0.578. The number of hydrogen-bond donors (Lipinski definition) is 1. The third kappa shape index (κ3) is 2.56. The van der Waals surface area contributed by atoms with Gasteiger partial charge >= 0.3 is 0 Å². The average molecular weight is 255 g/mol. The topological polar surface area (TPSA) is 32.5 Å². The molecule has 1 aliphatic heterocycles. The summed E-state index contributed by atoms with van der Waals surface area (Å²) in [6.07, 6.45) is 0. The maximum Gasteiger partial charge on any atom is 0.151 e. The van der Waals surface area contributed by atoms with Crippen LogP contribution in [0.2, 0.25) is 0 Å². The fourth-order valence-electron chi connectivity index (χ4n) is 2.35. The smallest absolute Gasteiger partial charge is 0.151 e. The van der Waals surface area contributed by atoms with Crippen molar-refractivity contribution >= 4 is 11.4 Å². The second-order valence-electron chi connectivity index (χ2n) is 4.95. The lowest BCUT2D eigenvalue weighted by atomic mass is 10.2. The lowest BCUT2D eigenvalue weighted by molar-refractivity contribution is 0.208. The summed E-state index contributed by atoms with van der Waals surface area (Å²) in [5.41, 5.74) is 5.58. The fraction of sp³-hybridized carbons (Fsp3) is 0.538. The molecule has 0 amide bonds. The first kappa shape index (κ1) is 13.1. The van der Waals surface area contributed by atoms with E-state index in [1.807, 2.05) is 0 Å². The van der Waals surface area contributed by atoms with Crippen molar-refractivity contribution in [2.24, 2.45) is 0 Å². The van der Waals surface area contributed by atoms with E-state index in [1.165, 1.54) is 12.1 Å². The predicted molar refractivity (Wildman–Crippen MR) is 69.7 cm³/mol. The van der Waals surface area contributed by atoms with Crippen LogP contribution in [0.25, 0.3) is 0 Å². The molecule has 0 aliphatic carbocycles. The van der Waals surface area contributed by atoms with E-state index in [-0.39, 0.29) is 11.4 Å². The van der Waals surface area contributed by atoms with Crippen LogP contribution in [0, 0.1) is 11.6 Å². The Bertz CT molecular complexity index is 403. The van der Waals surface area contributed by atoms with E-state index in [0.29, 0.717) is 19.1 Å². The van der Waals surface area contributed by atoms with Gasteiger partial charge in [-0.05, 0) is 26.0 Å². The molecule has 100 valence electrons. The van der Waals surface area contributed by atoms with Crippen LogP contribution < -0.4 is 10.6 Å². The summed E-state index contributed by atoms with van der Waals surface area (Å²) in [5.74, 6) is -1.16. The van der Waals surface area contributed by atoms with Gasteiger partial charge in [-0.15, -0.1) is 0 Å². The summed E-state index contributed by atoms with van der Waals surface area (Å²) in [5, 5.41) is 0. The Kier molecular flexibility index (Phi) is 3.71. The molecule has 5 heteroatoms. The van der Waals surface area contributed by atoms with Crippen molar-refractivity contribution in [3.63, 3.8) is 0 Å². The van der Waals surface area contributed by atoms with E-state index in [1.54, 1.807) is 4.90 Å². The van der Waals surface area contributed by atoms with Gasteiger partial charge in [-0.25, -0.2) is 8.78 Å². The highest BCUT2D eigenvalue weighted by molar-refractivity contribution is 5.56. The van der Waals surface area contributed by atoms with Crippen LogP contribution in [0.4, 0.5) is 20.2 Å². The van der Waals surface area contributed by atoms with Crippen LogP contribution in [0.5, 0.6) is 0 Å². The van der Waals surface area contributed by atoms with Gasteiger partial charge in [-0.1, -0.05) is 0 Å². The second-order valence-corrected chi connectivity index (χ2v) is 4.95. The van der Waals surface area contributed by atoms with Crippen molar-refractivity contribution in [3.05, 3.63) is 23.8 Å². The molecule has 0 unspecified atom stereocenters. The summed E-state index contributed by atoms with van der Waals surface area (Å²) >= 11 is 0. The zero-order chi connectivity index (χ0) is 13.3. The molecule has 1 saturated heterocycles. The number of piperazine rings is 1. The normalized spacial score (nSPS) is 17.5. The molecule has 1 fully saturated rings. The molecular weight excluding hydrogens is 236 g/mol. The number of nitrogens with zero attached hydrogens (tertiary/aromatic N) is 2. The van der Waals surface area contributed by atoms with Crippen LogP contribution >= 0.6 is 0 Å². The minimum Gasteiger partial charge on any atom is -0.399 e. The van der Waals surface area contributed by atoms with E-state index < -0.39 is 11.6 Å². The molecule has 0 aromatic heterocycles. The van der Waals surface area contributed by atoms with Gasteiger partial charge < -0.3 is 10.6 Å². The van der Waals surface area contributed by atoms with Gasteiger partial charge in [0.05, 0.1) is 0 Å². The Morgan fingerprint density at radius 3 is 2.00 bits per heavy atom. The lowest BCUT2D eigenvalue weighted by Gasteiger charge is -2.38. The molecule has 0 spiro atoms. The second kappa shape index (κ2) is 5.10. The largest absolute Gasteiger partial charge is 0.399 e. The Morgan fingerprint density at radius 2 is 1.56 bits per heavy atom. The third-order valence-electron chi connectivity index (χ3n) is 3.40. The van der Waals surface area contributed by atoms with Gasteiger partial charge in [0.2, 0.25) is 0 Å². The molecule has 1 aliphatic rings. The maximum atomic E-state index is 13.8. The van der Waals surface area contributed by atoms with Crippen molar-refractivity contribution < 1.29 is 8.78 Å². The summed E-state index contributed by atoms with van der Waals surface area (Å²) in [7, 11) is 0. The van der Waals surface area contributed by atoms with Crippen molar-refractivity contribution in [2.75, 3.05) is 36.8 Å². The lowest BCUT2D eigenvalue weighted by Crippen LogP contribution is -2.49. The highest BCUT2D eigenvalue weighted by atomic mass is 19.1. The predicted octanol–water partition coefficient (Wildman–Crippen LogP) is 2.08. The Morgan fingerprint density at radius 1 is 1.06 bits per heavy atom. The number of nitrogen functional groups attached to an aromatic ring is 1. The Hall–Kier alpha value is -1.36. The number of nitrogens with two attached hydrogens (primary N) is 1. The molecular formula is C13H19F2N3. The molecule has 18 heavy (non-hydrogen) atoms. The SMILES string of the molecule is CC(C)N1CCN(c2c(F)cc(N)cc2F)CC1. The van der Waals surface area contributed by atoms with Gasteiger partial charge in [0, 0.05) is 37.9 Å². The fourth-order valence-corrected chi connectivity index (χ4v) is 2.35. The zero-order valence-corrected chi connectivity index (χ0v) is 10.8. The average Bonchev–Trinajstić information content (AvgIpc) is 2.28. The molecule has 0 radical (unpaired) electrons. The first-order valence-corrected chi connectivity index (χ1v) is 6.22. The summed E-state index contributed by atoms with van der Waals surface area (Å²) in [6.45, 7) is 7.16.